The van der Waals surface area contributed by atoms with Gasteiger partial charge in [-0.3, -0.25) is 4.79 Å². The Morgan fingerprint density at radius 3 is 2.58 bits per heavy atom. The number of carboxylic acid groups (broad SMARTS) is 1. The molecule has 1 saturated heterocycles. The van der Waals surface area contributed by atoms with Crippen LogP contribution >= 0.6 is 34.5 Å². The van der Waals surface area contributed by atoms with Gasteiger partial charge in [-0.05, 0) is 55.3 Å². The van der Waals surface area contributed by atoms with Crippen LogP contribution in [0.1, 0.15) is 23.7 Å². The normalized spacial score (nSPS) is 18.0. The van der Waals surface area contributed by atoms with Crippen molar-refractivity contribution in [1.82, 2.24) is 5.32 Å². The Bertz CT molecular complexity index is 1170. The third kappa shape index (κ3) is 5.17. The number of hydrogen-bond acceptors (Lipinski definition) is 5. The zero-order valence-electron chi connectivity index (χ0n) is 17.8. The summed E-state index contributed by atoms with van der Waals surface area (Å²) >= 11 is 13.6. The summed E-state index contributed by atoms with van der Waals surface area (Å²) in [7, 11) is 0. The monoisotopic (exact) mass is 504 g/mol. The average Bonchev–Trinajstić information content (AvgIpc) is 3.18. The van der Waals surface area contributed by atoms with Gasteiger partial charge >= 0.3 is 6.16 Å². The predicted octanol–water partition coefficient (Wildman–Crippen LogP) is 6.42. The summed E-state index contributed by atoms with van der Waals surface area (Å²) < 4.78 is 5.16. The van der Waals surface area contributed by atoms with E-state index in [0.717, 1.165) is 23.5 Å². The molecule has 0 bridgehead atoms. The van der Waals surface area contributed by atoms with Crippen LogP contribution in [0.4, 0.5) is 10.5 Å². The molecule has 0 saturated carbocycles. The molecule has 2 atom stereocenters. The lowest BCUT2D eigenvalue weighted by Crippen LogP contribution is -2.51. The Balaban J connectivity index is 1.86. The second-order valence-corrected chi connectivity index (χ2v) is 9.71. The fourth-order valence-corrected chi connectivity index (χ4v) is 5.53. The standard InChI is InChI=1S/C24H22Cl2N2O4S/c1-14-13-27-10-9-19(14)28(22(29)17-8-7-16(25)11-18(17)26)20-12-21(15-5-3-2-4-6-15)33-23(20)32-24(30)31/h2-8,11-12,14,19,27H,9-10,13H2,1H3,(H,30,31). The van der Waals surface area contributed by atoms with E-state index in [1.807, 2.05) is 36.4 Å². The number of benzene rings is 2. The first-order chi connectivity index (χ1) is 15.8. The maximum atomic E-state index is 13.9. The van der Waals surface area contributed by atoms with Gasteiger partial charge in [-0.2, -0.15) is 0 Å². The van der Waals surface area contributed by atoms with E-state index in [9.17, 15) is 14.7 Å². The van der Waals surface area contributed by atoms with Gasteiger partial charge in [0.05, 0.1) is 16.3 Å². The van der Waals surface area contributed by atoms with E-state index in [-0.39, 0.29) is 28.0 Å². The lowest BCUT2D eigenvalue weighted by molar-refractivity contribution is 0.0960. The van der Waals surface area contributed by atoms with Crippen LogP contribution in [0.3, 0.4) is 0 Å². The number of piperidine rings is 1. The minimum Gasteiger partial charge on any atom is -0.449 e. The molecule has 3 aromatic rings. The Labute approximate surface area is 205 Å². The second kappa shape index (κ2) is 10.1. The van der Waals surface area contributed by atoms with Crippen LogP contribution in [0.15, 0.2) is 54.6 Å². The number of nitrogens with zero attached hydrogens (tertiary/aromatic N) is 1. The minimum atomic E-state index is -1.44. The third-order valence-electron chi connectivity index (χ3n) is 5.63. The molecular formula is C24H22Cl2N2O4S. The maximum absolute atomic E-state index is 13.9. The lowest BCUT2D eigenvalue weighted by atomic mass is 9.92. The molecule has 9 heteroatoms. The van der Waals surface area contributed by atoms with Crippen molar-refractivity contribution in [2.75, 3.05) is 18.0 Å². The summed E-state index contributed by atoms with van der Waals surface area (Å²) in [5, 5.41) is 13.5. The van der Waals surface area contributed by atoms with Gasteiger partial charge in [-0.1, -0.05) is 71.8 Å². The van der Waals surface area contributed by atoms with Crippen molar-refractivity contribution in [3.63, 3.8) is 0 Å². The number of hydrogen-bond donors (Lipinski definition) is 2. The largest absolute Gasteiger partial charge is 0.512 e. The topological polar surface area (TPSA) is 78.9 Å². The molecule has 1 aliphatic rings. The maximum Gasteiger partial charge on any atom is 0.512 e. The van der Waals surface area contributed by atoms with Crippen LogP contribution in [-0.4, -0.2) is 36.3 Å². The average molecular weight is 505 g/mol. The van der Waals surface area contributed by atoms with Crippen molar-refractivity contribution < 1.29 is 19.4 Å². The van der Waals surface area contributed by atoms with E-state index >= 15 is 0 Å². The van der Waals surface area contributed by atoms with Crippen LogP contribution in [0.25, 0.3) is 10.4 Å². The number of carbonyl (C=O) groups is 2. The SMILES string of the molecule is CC1CNCCC1N(C(=O)c1ccc(Cl)cc1Cl)c1cc(-c2ccccc2)sc1OC(=O)O. The number of amides is 1. The Hall–Kier alpha value is -2.58. The third-order valence-corrected chi connectivity index (χ3v) is 7.23. The van der Waals surface area contributed by atoms with Crippen molar-refractivity contribution in [2.45, 2.75) is 19.4 Å². The first-order valence-corrected chi connectivity index (χ1v) is 12.0. The van der Waals surface area contributed by atoms with Crippen molar-refractivity contribution in [2.24, 2.45) is 5.92 Å². The molecule has 172 valence electrons. The number of halogens is 2. The van der Waals surface area contributed by atoms with Gasteiger partial charge in [-0.25, -0.2) is 4.79 Å². The molecule has 1 aliphatic heterocycles. The van der Waals surface area contributed by atoms with Gasteiger partial charge < -0.3 is 20.1 Å². The number of thiophene rings is 1. The molecular weight excluding hydrogens is 483 g/mol. The number of carbonyl (C=O) groups excluding carboxylic acids is 1. The molecule has 1 fully saturated rings. The number of rotatable bonds is 5. The van der Waals surface area contributed by atoms with Gasteiger partial charge in [0.15, 0.2) is 0 Å². The van der Waals surface area contributed by atoms with Crippen molar-refractivity contribution >= 4 is 52.3 Å². The van der Waals surface area contributed by atoms with E-state index in [1.54, 1.807) is 17.0 Å². The van der Waals surface area contributed by atoms with Gasteiger partial charge in [0.1, 0.15) is 0 Å². The summed E-state index contributed by atoms with van der Waals surface area (Å²) in [6.45, 7) is 3.52. The van der Waals surface area contributed by atoms with E-state index in [4.69, 9.17) is 27.9 Å². The number of nitrogens with one attached hydrogen (secondary N) is 1. The summed E-state index contributed by atoms with van der Waals surface area (Å²) in [6, 6.07) is 15.9. The molecule has 2 N–H and O–H groups in total. The predicted molar refractivity (Wildman–Crippen MR) is 132 cm³/mol. The quantitative estimate of drug-likeness (QED) is 0.391. The Kier molecular flexibility index (Phi) is 7.24. The Morgan fingerprint density at radius 1 is 1.15 bits per heavy atom. The highest BCUT2D eigenvalue weighted by Gasteiger charge is 2.36. The molecule has 1 amide bonds. The molecule has 4 rings (SSSR count). The van der Waals surface area contributed by atoms with E-state index in [1.165, 1.54) is 17.4 Å². The zero-order chi connectivity index (χ0) is 23.5. The fraction of sp³-hybridized carbons (Fsp3) is 0.250. The summed E-state index contributed by atoms with van der Waals surface area (Å²) in [5.74, 6) is -0.213. The van der Waals surface area contributed by atoms with E-state index in [0.29, 0.717) is 22.7 Å². The van der Waals surface area contributed by atoms with Crippen LogP contribution in [0.5, 0.6) is 5.06 Å². The molecule has 2 aromatic carbocycles. The first kappa shape index (κ1) is 23.6. The van der Waals surface area contributed by atoms with Crippen LogP contribution in [-0.2, 0) is 0 Å². The number of ether oxygens (including phenoxy) is 1. The summed E-state index contributed by atoms with van der Waals surface area (Å²) in [5.41, 5.74) is 1.61. The molecule has 1 aromatic heterocycles. The minimum absolute atomic E-state index is 0.117. The zero-order valence-corrected chi connectivity index (χ0v) is 20.1. The second-order valence-electron chi connectivity index (χ2n) is 7.85. The smallest absolute Gasteiger partial charge is 0.449 e. The van der Waals surface area contributed by atoms with Crippen LogP contribution in [0.2, 0.25) is 10.0 Å². The highest BCUT2D eigenvalue weighted by Crippen LogP contribution is 2.45. The molecule has 33 heavy (non-hydrogen) atoms. The Morgan fingerprint density at radius 2 is 1.91 bits per heavy atom. The molecule has 0 radical (unpaired) electrons. The molecule has 2 heterocycles. The van der Waals surface area contributed by atoms with Crippen LogP contribution in [0, 0.1) is 5.92 Å². The van der Waals surface area contributed by atoms with E-state index < -0.39 is 6.16 Å². The highest BCUT2D eigenvalue weighted by molar-refractivity contribution is 7.18. The van der Waals surface area contributed by atoms with Gasteiger partial charge in [-0.15, -0.1) is 0 Å². The first-order valence-electron chi connectivity index (χ1n) is 10.4. The van der Waals surface area contributed by atoms with Gasteiger partial charge in [0.2, 0.25) is 5.06 Å². The summed E-state index contributed by atoms with van der Waals surface area (Å²) in [6.07, 6.45) is -0.741. The van der Waals surface area contributed by atoms with Crippen molar-refractivity contribution in [3.05, 3.63) is 70.2 Å². The molecule has 6 nitrogen and oxygen atoms in total. The number of anilines is 1. The van der Waals surface area contributed by atoms with Crippen molar-refractivity contribution in [3.8, 4) is 15.5 Å². The van der Waals surface area contributed by atoms with Gasteiger partial charge in [0.25, 0.3) is 5.91 Å². The molecule has 0 spiro atoms. The van der Waals surface area contributed by atoms with Crippen molar-refractivity contribution in [1.29, 1.82) is 0 Å². The lowest BCUT2D eigenvalue weighted by Gasteiger charge is -2.38. The molecule has 2 unspecified atom stereocenters. The highest BCUT2D eigenvalue weighted by atomic mass is 35.5. The summed E-state index contributed by atoms with van der Waals surface area (Å²) in [4.78, 5) is 27.8. The van der Waals surface area contributed by atoms with Gasteiger partial charge in [0, 0.05) is 15.9 Å². The van der Waals surface area contributed by atoms with E-state index in [2.05, 4.69) is 12.2 Å². The molecule has 0 aliphatic carbocycles. The van der Waals surface area contributed by atoms with Crippen LogP contribution < -0.4 is 15.0 Å². The fourth-order valence-electron chi connectivity index (χ4n) is 4.04.